The highest BCUT2D eigenvalue weighted by Gasteiger charge is 2.23. The first kappa shape index (κ1) is 28.5. The molecule has 33 heavy (non-hydrogen) atoms. The molecule has 2 aromatic rings. The van der Waals surface area contributed by atoms with Gasteiger partial charge >= 0.3 is 0 Å². The van der Waals surface area contributed by atoms with E-state index in [1.807, 2.05) is 58.5 Å². The molecular weight excluding hydrogens is 416 g/mol. The van der Waals surface area contributed by atoms with Gasteiger partial charge in [-0.3, -0.25) is 9.58 Å². The fraction of sp³-hybridized carbons (Fsp3) is 0.600. The predicted octanol–water partition coefficient (Wildman–Crippen LogP) is 3.89. The molecule has 2 rings (SSSR count). The molecule has 0 amide bonds. The van der Waals surface area contributed by atoms with Gasteiger partial charge in [0.25, 0.3) is 0 Å². The lowest BCUT2D eigenvalue weighted by Gasteiger charge is -2.30. The van der Waals surface area contributed by atoms with Gasteiger partial charge in [0.2, 0.25) is 5.88 Å². The van der Waals surface area contributed by atoms with E-state index in [1.54, 1.807) is 4.68 Å². The van der Waals surface area contributed by atoms with Gasteiger partial charge in [0.05, 0.1) is 35.8 Å². The maximum absolute atomic E-state index is 9.45. The summed E-state index contributed by atoms with van der Waals surface area (Å²) < 4.78 is 9.95. The molecule has 0 aliphatic carbocycles. The van der Waals surface area contributed by atoms with E-state index in [1.165, 1.54) is 0 Å². The van der Waals surface area contributed by atoms with Crippen LogP contribution in [0.1, 0.15) is 69.8 Å². The Morgan fingerprint density at radius 3 is 2.36 bits per heavy atom. The van der Waals surface area contributed by atoms with Crippen molar-refractivity contribution in [2.75, 3.05) is 13.2 Å². The van der Waals surface area contributed by atoms with Crippen LogP contribution in [0.25, 0.3) is 11.8 Å². The lowest BCUT2D eigenvalue weighted by Crippen LogP contribution is -2.39. The third-order valence-electron chi connectivity index (χ3n) is 5.46. The van der Waals surface area contributed by atoms with Gasteiger partial charge in [0.1, 0.15) is 6.10 Å². The zero-order valence-electron chi connectivity index (χ0n) is 22.0. The molecule has 3 N–H and O–H groups in total. The Balaban J connectivity index is 0.00000265. The number of hydrogen-bond acceptors (Lipinski definition) is 6. The van der Waals surface area contributed by atoms with Crippen LogP contribution in [0.15, 0.2) is 12.7 Å². The van der Waals surface area contributed by atoms with Gasteiger partial charge in [-0.15, -0.1) is 0 Å². The lowest BCUT2D eigenvalue weighted by atomic mass is 10.1. The molecule has 0 saturated heterocycles. The van der Waals surface area contributed by atoms with Crippen molar-refractivity contribution in [3.8, 4) is 5.88 Å². The Labute approximate surface area is 199 Å². The number of aromatic nitrogens is 4. The average molecular weight is 461 g/mol. The highest BCUT2D eigenvalue weighted by Crippen LogP contribution is 2.27. The van der Waals surface area contributed by atoms with Gasteiger partial charge in [-0.05, 0) is 41.5 Å². The number of aliphatic hydroxyl groups excluding tert-OH is 1. The van der Waals surface area contributed by atoms with Crippen LogP contribution >= 0.6 is 0 Å². The third kappa shape index (κ3) is 6.95. The summed E-state index contributed by atoms with van der Waals surface area (Å²) >= 11 is 0. The van der Waals surface area contributed by atoms with E-state index in [0.717, 1.165) is 28.2 Å². The first-order chi connectivity index (χ1) is 15.6. The van der Waals surface area contributed by atoms with Crippen molar-refractivity contribution in [2.24, 2.45) is 12.8 Å². The maximum atomic E-state index is 9.45. The molecule has 0 radical (unpaired) electrons. The summed E-state index contributed by atoms with van der Waals surface area (Å²) in [6.45, 7) is 22.0. The molecule has 1 atom stereocenters. The smallest absolute Gasteiger partial charge is 0.221 e. The van der Waals surface area contributed by atoms with E-state index in [0.29, 0.717) is 31.2 Å². The Morgan fingerprint density at radius 2 is 1.85 bits per heavy atom. The van der Waals surface area contributed by atoms with E-state index in [-0.39, 0.29) is 18.8 Å². The van der Waals surface area contributed by atoms with Gasteiger partial charge in [-0.2, -0.15) is 10.2 Å². The zero-order valence-corrected chi connectivity index (χ0v) is 22.0. The zero-order chi connectivity index (χ0) is 25.3. The van der Waals surface area contributed by atoms with Crippen molar-refractivity contribution in [1.82, 2.24) is 24.5 Å². The molecule has 0 aromatic carbocycles. The quantitative estimate of drug-likeness (QED) is 0.528. The number of aliphatic hydroxyl groups is 1. The van der Waals surface area contributed by atoms with Gasteiger partial charge in [-0.1, -0.05) is 32.6 Å². The Morgan fingerprint density at radius 1 is 1.21 bits per heavy atom. The van der Waals surface area contributed by atoms with Crippen LogP contribution in [0.4, 0.5) is 0 Å². The van der Waals surface area contributed by atoms with Crippen LogP contribution in [0, 0.1) is 13.8 Å². The number of rotatable bonds is 11. The SMILES string of the molecule is C=Cc1c(C)nn(CCO)c1CN(CC(C)Oc1c(/C(N)=C/C)c(C)nn1C)C(C)C.CC. The molecule has 0 aliphatic rings. The van der Waals surface area contributed by atoms with E-state index in [9.17, 15) is 5.11 Å². The van der Waals surface area contributed by atoms with Crippen molar-refractivity contribution in [1.29, 1.82) is 0 Å². The second-order valence-corrected chi connectivity index (χ2v) is 8.18. The van der Waals surface area contributed by atoms with Gasteiger partial charge in [-0.25, -0.2) is 4.68 Å². The summed E-state index contributed by atoms with van der Waals surface area (Å²) in [6.07, 6.45) is 3.61. The number of nitrogens with two attached hydrogens (primary N) is 1. The second kappa shape index (κ2) is 13.2. The molecule has 0 bridgehead atoms. The number of nitrogens with zero attached hydrogens (tertiary/aromatic N) is 5. The summed E-state index contributed by atoms with van der Waals surface area (Å²) in [5, 5.41) is 18.5. The van der Waals surface area contributed by atoms with Gasteiger partial charge in [0, 0.05) is 37.4 Å². The summed E-state index contributed by atoms with van der Waals surface area (Å²) in [6, 6.07) is 0.287. The van der Waals surface area contributed by atoms with Crippen molar-refractivity contribution in [3.05, 3.63) is 40.9 Å². The molecule has 2 aromatic heterocycles. The van der Waals surface area contributed by atoms with Crippen LogP contribution < -0.4 is 10.5 Å². The fourth-order valence-corrected chi connectivity index (χ4v) is 3.81. The van der Waals surface area contributed by atoms with Gasteiger partial charge < -0.3 is 15.6 Å². The van der Waals surface area contributed by atoms with Gasteiger partial charge in [0.15, 0.2) is 0 Å². The van der Waals surface area contributed by atoms with Crippen molar-refractivity contribution in [2.45, 2.75) is 80.6 Å². The van der Waals surface area contributed by atoms with E-state index >= 15 is 0 Å². The molecule has 2 heterocycles. The van der Waals surface area contributed by atoms with E-state index in [4.69, 9.17) is 10.5 Å². The first-order valence-electron chi connectivity index (χ1n) is 11.8. The van der Waals surface area contributed by atoms with E-state index < -0.39 is 0 Å². The minimum atomic E-state index is -0.0944. The summed E-state index contributed by atoms with van der Waals surface area (Å²) in [5.41, 5.74) is 11.5. The molecule has 0 spiro atoms. The standard InChI is InChI=1S/C23H38N6O2.C2H6/c1-9-19-17(6)26-29(11-12-30)21(19)14-28(15(3)4)13-16(5)31-23-22(20(24)10-2)18(7)25-27(23)8;1-2/h9-10,15-16,30H,1,11-14,24H2,2-8H3;1-2H3/b20-10-;. The maximum Gasteiger partial charge on any atom is 0.221 e. The van der Waals surface area contributed by atoms with Crippen LogP contribution in [0.3, 0.4) is 0 Å². The average Bonchev–Trinajstić information content (AvgIpc) is 3.22. The highest BCUT2D eigenvalue weighted by atomic mass is 16.5. The largest absolute Gasteiger partial charge is 0.473 e. The second-order valence-electron chi connectivity index (χ2n) is 8.18. The van der Waals surface area contributed by atoms with Crippen molar-refractivity contribution >= 4 is 11.8 Å². The predicted molar refractivity (Wildman–Crippen MR) is 137 cm³/mol. The molecule has 186 valence electrons. The van der Waals surface area contributed by atoms with Crippen LogP contribution in [0.5, 0.6) is 5.88 Å². The lowest BCUT2D eigenvalue weighted by molar-refractivity contribution is 0.108. The molecular formula is C25H44N6O2. The fourth-order valence-electron chi connectivity index (χ4n) is 3.81. The number of aryl methyl sites for hydroxylation is 3. The van der Waals surface area contributed by atoms with Crippen molar-refractivity contribution in [3.63, 3.8) is 0 Å². The summed E-state index contributed by atoms with van der Waals surface area (Å²) in [7, 11) is 1.87. The molecule has 8 nitrogen and oxygen atoms in total. The first-order valence-corrected chi connectivity index (χ1v) is 11.8. The molecule has 0 saturated carbocycles. The minimum Gasteiger partial charge on any atom is -0.473 e. The van der Waals surface area contributed by atoms with Crippen LogP contribution in [-0.2, 0) is 20.1 Å². The molecule has 0 fully saturated rings. The molecule has 8 heteroatoms. The third-order valence-corrected chi connectivity index (χ3v) is 5.46. The molecule has 1 unspecified atom stereocenters. The highest BCUT2D eigenvalue weighted by molar-refractivity contribution is 5.68. The Hall–Kier alpha value is -2.58. The number of ether oxygens (including phenoxy) is 1. The van der Waals surface area contributed by atoms with E-state index in [2.05, 4.69) is 42.4 Å². The van der Waals surface area contributed by atoms with Crippen molar-refractivity contribution < 1.29 is 9.84 Å². The summed E-state index contributed by atoms with van der Waals surface area (Å²) in [4.78, 5) is 2.34. The topological polar surface area (TPSA) is 94.4 Å². The number of hydrogen-bond donors (Lipinski definition) is 2. The molecule has 0 aliphatic heterocycles. The monoisotopic (exact) mass is 460 g/mol. The normalized spacial score (nSPS) is 12.7. The van der Waals surface area contributed by atoms with Crippen LogP contribution in [0.2, 0.25) is 0 Å². The van der Waals surface area contributed by atoms with Crippen LogP contribution in [-0.4, -0.2) is 54.9 Å². The minimum absolute atomic E-state index is 0.0425. The summed E-state index contributed by atoms with van der Waals surface area (Å²) in [5.74, 6) is 0.678. The number of allylic oxidation sites excluding steroid dienone is 1. The Kier molecular flexibility index (Phi) is 11.4. The Bertz CT molecular complexity index is 926.